The van der Waals surface area contributed by atoms with Crippen molar-refractivity contribution in [3.63, 3.8) is 0 Å². The number of aliphatic hydroxyl groups is 1. The summed E-state index contributed by atoms with van der Waals surface area (Å²) in [6.45, 7) is 3.42. The molecular weight excluding hydrogens is 332 g/mol. The molecule has 5 heteroatoms. The van der Waals surface area contributed by atoms with Crippen molar-refractivity contribution in [1.82, 2.24) is 0 Å². The molecule has 0 rings (SSSR count). The van der Waals surface area contributed by atoms with Gasteiger partial charge in [0.2, 0.25) is 0 Å². The molecule has 0 aliphatic carbocycles. The Morgan fingerprint density at radius 2 is 1.15 bits per heavy atom. The van der Waals surface area contributed by atoms with Gasteiger partial charge >= 0.3 is 17.7 Å². The summed E-state index contributed by atoms with van der Waals surface area (Å²) in [6.07, 6.45) is 17.2. The number of carbonyl (C=O) groups excluding carboxylic acids is 2. The van der Waals surface area contributed by atoms with Crippen molar-refractivity contribution in [2.24, 2.45) is 0 Å². The largest absolute Gasteiger partial charge is 0.464 e. The number of hydrogen-bond acceptors (Lipinski definition) is 5. The fourth-order valence-corrected chi connectivity index (χ4v) is 3.15. The van der Waals surface area contributed by atoms with E-state index in [0.717, 1.165) is 12.8 Å². The van der Waals surface area contributed by atoms with Crippen LogP contribution in [0.4, 0.5) is 0 Å². The standard InChI is InChI=1S/C21H40O5/c1-4-5-6-7-8-9-10-11-12-13-14-15-16-17-18-21(24,20(23)25-3)26-19(2)22/h24H,4-18H2,1-3H3. The summed E-state index contributed by atoms with van der Waals surface area (Å²) < 4.78 is 9.27. The number of carbonyl (C=O) groups is 2. The Labute approximate surface area is 159 Å². The van der Waals surface area contributed by atoms with Gasteiger partial charge in [-0.2, -0.15) is 0 Å². The Morgan fingerprint density at radius 3 is 1.50 bits per heavy atom. The highest BCUT2D eigenvalue weighted by Crippen LogP contribution is 2.20. The molecular formula is C21H40O5. The van der Waals surface area contributed by atoms with Gasteiger partial charge in [-0.25, -0.2) is 4.79 Å². The van der Waals surface area contributed by atoms with Crippen molar-refractivity contribution >= 4 is 11.9 Å². The van der Waals surface area contributed by atoms with Gasteiger partial charge in [0.15, 0.2) is 0 Å². The first kappa shape index (κ1) is 24.9. The van der Waals surface area contributed by atoms with Gasteiger partial charge in [0.05, 0.1) is 7.11 Å². The van der Waals surface area contributed by atoms with Gasteiger partial charge in [-0.1, -0.05) is 90.4 Å². The minimum absolute atomic E-state index is 0.0806. The van der Waals surface area contributed by atoms with E-state index in [1.165, 1.54) is 84.7 Å². The number of unbranched alkanes of at least 4 members (excludes halogenated alkanes) is 13. The third kappa shape index (κ3) is 13.2. The molecule has 1 N–H and O–H groups in total. The lowest BCUT2D eigenvalue weighted by Crippen LogP contribution is -2.43. The van der Waals surface area contributed by atoms with Gasteiger partial charge < -0.3 is 14.6 Å². The smallest absolute Gasteiger partial charge is 0.379 e. The predicted molar refractivity (Wildman–Crippen MR) is 104 cm³/mol. The van der Waals surface area contributed by atoms with Crippen molar-refractivity contribution in [3.05, 3.63) is 0 Å². The maximum atomic E-state index is 11.6. The summed E-state index contributed by atoms with van der Waals surface area (Å²) in [6, 6.07) is 0. The number of hydrogen-bond donors (Lipinski definition) is 1. The maximum Gasteiger partial charge on any atom is 0.379 e. The van der Waals surface area contributed by atoms with Gasteiger partial charge in [-0.05, 0) is 6.42 Å². The molecule has 1 unspecified atom stereocenters. The van der Waals surface area contributed by atoms with Crippen LogP contribution in [0.2, 0.25) is 0 Å². The van der Waals surface area contributed by atoms with E-state index in [4.69, 9.17) is 4.74 Å². The molecule has 0 heterocycles. The van der Waals surface area contributed by atoms with E-state index in [1.807, 2.05) is 0 Å². The lowest BCUT2D eigenvalue weighted by molar-refractivity contribution is -0.226. The molecule has 5 nitrogen and oxygen atoms in total. The highest BCUT2D eigenvalue weighted by Gasteiger charge is 2.40. The Morgan fingerprint density at radius 1 is 0.769 bits per heavy atom. The van der Waals surface area contributed by atoms with Crippen LogP contribution >= 0.6 is 0 Å². The Bertz CT molecular complexity index is 369. The Balaban J connectivity index is 3.56. The molecule has 0 aromatic carbocycles. The first-order chi connectivity index (χ1) is 12.5. The molecule has 0 saturated heterocycles. The van der Waals surface area contributed by atoms with Crippen molar-refractivity contribution in [2.75, 3.05) is 7.11 Å². The molecule has 1 atom stereocenters. The third-order valence-corrected chi connectivity index (χ3v) is 4.69. The number of esters is 2. The molecule has 0 bridgehead atoms. The zero-order valence-corrected chi connectivity index (χ0v) is 17.2. The molecule has 26 heavy (non-hydrogen) atoms. The van der Waals surface area contributed by atoms with E-state index in [0.29, 0.717) is 6.42 Å². The van der Waals surface area contributed by atoms with E-state index < -0.39 is 17.7 Å². The van der Waals surface area contributed by atoms with Crippen LogP contribution < -0.4 is 0 Å². The lowest BCUT2D eigenvalue weighted by atomic mass is 10.0. The van der Waals surface area contributed by atoms with E-state index >= 15 is 0 Å². The summed E-state index contributed by atoms with van der Waals surface area (Å²) in [7, 11) is 1.17. The van der Waals surface area contributed by atoms with Crippen LogP contribution in [0.25, 0.3) is 0 Å². The highest BCUT2D eigenvalue weighted by molar-refractivity contribution is 5.80. The predicted octanol–water partition coefficient (Wildman–Crippen LogP) is 5.28. The fraction of sp³-hybridized carbons (Fsp3) is 0.905. The van der Waals surface area contributed by atoms with Gasteiger partial charge in [0, 0.05) is 13.3 Å². The molecule has 0 fully saturated rings. The third-order valence-electron chi connectivity index (χ3n) is 4.69. The minimum Gasteiger partial charge on any atom is -0.464 e. The molecule has 0 spiro atoms. The molecule has 0 radical (unpaired) electrons. The second kappa shape index (κ2) is 16.1. The molecule has 0 aromatic rings. The monoisotopic (exact) mass is 372 g/mol. The fourth-order valence-electron chi connectivity index (χ4n) is 3.15. The van der Waals surface area contributed by atoms with E-state index in [1.54, 1.807) is 0 Å². The molecule has 0 amide bonds. The summed E-state index contributed by atoms with van der Waals surface area (Å²) in [5, 5.41) is 10.1. The quantitative estimate of drug-likeness (QED) is 0.213. The van der Waals surface area contributed by atoms with Crippen LogP contribution in [0.5, 0.6) is 0 Å². The van der Waals surface area contributed by atoms with E-state index in [2.05, 4.69) is 11.7 Å². The lowest BCUT2D eigenvalue weighted by Gasteiger charge is -2.24. The SMILES string of the molecule is CCCCCCCCCCCCCCCCC(O)(OC(C)=O)C(=O)OC. The summed E-state index contributed by atoms with van der Waals surface area (Å²) in [5.74, 6) is -3.75. The molecule has 0 aliphatic rings. The summed E-state index contributed by atoms with van der Waals surface area (Å²) >= 11 is 0. The first-order valence-corrected chi connectivity index (χ1v) is 10.5. The van der Waals surface area contributed by atoms with Gasteiger partial charge in [-0.3, -0.25) is 4.79 Å². The van der Waals surface area contributed by atoms with Gasteiger partial charge in [-0.15, -0.1) is 0 Å². The Kier molecular flexibility index (Phi) is 15.4. The normalized spacial score (nSPS) is 13.2. The van der Waals surface area contributed by atoms with Crippen molar-refractivity contribution < 1.29 is 24.2 Å². The first-order valence-electron chi connectivity index (χ1n) is 10.5. The summed E-state index contributed by atoms with van der Waals surface area (Å²) in [5.41, 5.74) is 0. The summed E-state index contributed by atoms with van der Waals surface area (Å²) in [4.78, 5) is 22.6. The average Bonchev–Trinajstić information content (AvgIpc) is 2.60. The number of rotatable bonds is 17. The van der Waals surface area contributed by atoms with Crippen molar-refractivity contribution in [3.8, 4) is 0 Å². The topological polar surface area (TPSA) is 72.8 Å². The van der Waals surface area contributed by atoms with Gasteiger partial charge in [0.1, 0.15) is 0 Å². The minimum atomic E-state index is -2.14. The average molecular weight is 373 g/mol. The zero-order chi connectivity index (χ0) is 19.7. The van der Waals surface area contributed by atoms with Crippen molar-refractivity contribution in [1.29, 1.82) is 0 Å². The molecule has 154 valence electrons. The molecule has 0 aliphatic heterocycles. The van der Waals surface area contributed by atoms with Gasteiger partial charge in [0.25, 0.3) is 0 Å². The van der Waals surface area contributed by atoms with Crippen LogP contribution in [-0.4, -0.2) is 29.9 Å². The number of methoxy groups -OCH3 is 1. The van der Waals surface area contributed by atoms with Crippen molar-refractivity contribution in [2.45, 2.75) is 116 Å². The Hall–Kier alpha value is -1.10. The van der Waals surface area contributed by atoms with Crippen LogP contribution in [0.3, 0.4) is 0 Å². The molecule has 0 saturated carbocycles. The van der Waals surface area contributed by atoms with Crippen LogP contribution in [0.1, 0.15) is 110 Å². The number of ether oxygens (including phenoxy) is 2. The van der Waals surface area contributed by atoms with Crippen LogP contribution in [0.15, 0.2) is 0 Å². The second-order valence-electron chi connectivity index (χ2n) is 7.22. The second-order valence-corrected chi connectivity index (χ2v) is 7.22. The highest BCUT2D eigenvalue weighted by atomic mass is 16.7. The maximum absolute atomic E-state index is 11.6. The van der Waals surface area contributed by atoms with Crippen LogP contribution in [0, 0.1) is 0 Å². The molecule has 0 aromatic heterocycles. The van der Waals surface area contributed by atoms with E-state index in [-0.39, 0.29) is 6.42 Å². The zero-order valence-electron chi connectivity index (χ0n) is 17.2. The van der Waals surface area contributed by atoms with Crippen LogP contribution in [-0.2, 0) is 19.1 Å². The van der Waals surface area contributed by atoms with E-state index in [9.17, 15) is 14.7 Å².